The number of imide groups is 1. The molecule has 1 fully saturated rings. The summed E-state index contributed by atoms with van der Waals surface area (Å²) in [6.45, 7) is 0. The standard InChI is InChI=1S/C20H13ClN2O3S2/c21-11-6-8-12(9-7-11)23-18(24)14-13(10-4-2-1-3-5-10)15-17(22-20(26)28-15)27-16(14)19(23)25/h1-9,13-14,16H,(H,22,26)/t13-,14+,16+/m0/s1. The molecule has 5 nitrogen and oxygen atoms in total. The molecule has 1 saturated heterocycles. The largest absolute Gasteiger partial charge is 0.307 e. The van der Waals surface area contributed by atoms with Gasteiger partial charge in [-0.3, -0.25) is 14.4 Å². The number of carbonyl (C=O) groups excluding carboxylic acids is 2. The van der Waals surface area contributed by atoms with Crippen LogP contribution in [0.5, 0.6) is 0 Å². The summed E-state index contributed by atoms with van der Waals surface area (Å²) in [5, 5.41) is 0.645. The molecule has 28 heavy (non-hydrogen) atoms. The first-order valence-corrected chi connectivity index (χ1v) is 10.7. The zero-order valence-electron chi connectivity index (χ0n) is 14.3. The summed E-state index contributed by atoms with van der Waals surface area (Å²) in [6, 6.07) is 16.3. The maximum atomic E-state index is 13.4. The second-order valence-corrected chi connectivity index (χ2v) is 9.25. The fraction of sp³-hybridized carbons (Fsp3) is 0.150. The van der Waals surface area contributed by atoms with Crippen LogP contribution < -0.4 is 9.77 Å². The zero-order valence-corrected chi connectivity index (χ0v) is 16.7. The molecule has 8 heteroatoms. The second kappa shape index (κ2) is 6.62. The van der Waals surface area contributed by atoms with Gasteiger partial charge < -0.3 is 4.98 Å². The lowest BCUT2D eigenvalue weighted by Crippen LogP contribution is -2.32. The molecule has 0 radical (unpaired) electrons. The highest BCUT2D eigenvalue weighted by Crippen LogP contribution is 2.53. The molecule has 1 N–H and O–H groups in total. The number of nitrogens with zero attached hydrogens (tertiary/aromatic N) is 1. The predicted octanol–water partition coefficient (Wildman–Crippen LogP) is 3.89. The van der Waals surface area contributed by atoms with Gasteiger partial charge in [0.05, 0.1) is 16.6 Å². The zero-order chi connectivity index (χ0) is 19.4. The first-order chi connectivity index (χ1) is 13.5. The van der Waals surface area contributed by atoms with E-state index in [0.29, 0.717) is 15.7 Å². The number of aromatic amines is 1. The van der Waals surface area contributed by atoms with Gasteiger partial charge in [-0.2, -0.15) is 0 Å². The number of aromatic nitrogens is 1. The van der Waals surface area contributed by atoms with Crippen LogP contribution >= 0.6 is 34.7 Å². The van der Waals surface area contributed by atoms with Gasteiger partial charge in [0, 0.05) is 15.8 Å². The Morgan fingerprint density at radius 2 is 1.64 bits per heavy atom. The maximum Gasteiger partial charge on any atom is 0.305 e. The first kappa shape index (κ1) is 17.7. The minimum Gasteiger partial charge on any atom is -0.307 e. The van der Waals surface area contributed by atoms with Crippen molar-refractivity contribution in [2.75, 3.05) is 4.90 Å². The average Bonchev–Trinajstić information content (AvgIpc) is 3.18. The van der Waals surface area contributed by atoms with Gasteiger partial charge in [-0.25, -0.2) is 4.90 Å². The van der Waals surface area contributed by atoms with Gasteiger partial charge in [-0.1, -0.05) is 65.0 Å². The van der Waals surface area contributed by atoms with Crippen molar-refractivity contribution >= 4 is 52.2 Å². The predicted molar refractivity (Wildman–Crippen MR) is 110 cm³/mol. The van der Waals surface area contributed by atoms with Gasteiger partial charge in [-0.05, 0) is 29.8 Å². The van der Waals surface area contributed by atoms with Crippen molar-refractivity contribution in [1.82, 2.24) is 4.98 Å². The number of halogens is 1. The summed E-state index contributed by atoms with van der Waals surface area (Å²) in [7, 11) is 0. The van der Waals surface area contributed by atoms with E-state index in [-0.39, 0.29) is 22.6 Å². The van der Waals surface area contributed by atoms with E-state index in [4.69, 9.17) is 11.6 Å². The SMILES string of the molecule is O=C1[C@@H]2[C@H](c3ccccc3)c3sc(=O)[nH]c3S[C@H]2C(=O)N1c1ccc(Cl)cc1. The number of thioether (sulfide) groups is 1. The topological polar surface area (TPSA) is 70.2 Å². The fourth-order valence-electron chi connectivity index (χ4n) is 3.88. The first-order valence-electron chi connectivity index (χ1n) is 8.62. The highest BCUT2D eigenvalue weighted by Gasteiger charge is 2.56. The van der Waals surface area contributed by atoms with E-state index in [1.807, 2.05) is 30.3 Å². The lowest BCUT2D eigenvalue weighted by atomic mass is 9.83. The third-order valence-electron chi connectivity index (χ3n) is 5.07. The highest BCUT2D eigenvalue weighted by molar-refractivity contribution is 8.00. The van der Waals surface area contributed by atoms with E-state index < -0.39 is 11.2 Å². The van der Waals surface area contributed by atoms with Crippen LogP contribution in [0.25, 0.3) is 0 Å². The summed E-state index contributed by atoms with van der Waals surface area (Å²) in [6.07, 6.45) is 0. The molecule has 2 aliphatic heterocycles. The molecule has 2 aromatic carbocycles. The number of amides is 2. The fourth-order valence-corrected chi connectivity index (χ4v) is 6.52. The molecule has 2 aliphatic rings. The number of H-pyrrole nitrogens is 1. The van der Waals surface area contributed by atoms with Crippen LogP contribution in [0.2, 0.25) is 5.02 Å². The molecule has 0 saturated carbocycles. The quantitative estimate of drug-likeness (QED) is 0.629. The van der Waals surface area contributed by atoms with Crippen molar-refractivity contribution in [2.45, 2.75) is 16.2 Å². The maximum absolute atomic E-state index is 13.4. The number of fused-ring (bicyclic) bond motifs is 2. The van der Waals surface area contributed by atoms with Crippen LogP contribution in [0.15, 0.2) is 64.4 Å². The number of benzene rings is 2. The number of nitrogens with one attached hydrogen (secondary N) is 1. The Morgan fingerprint density at radius 3 is 2.36 bits per heavy atom. The van der Waals surface area contributed by atoms with Crippen LogP contribution in [0.4, 0.5) is 5.69 Å². The van der Waals surface area contributed by atoms with E-state index >= 15 is 0 Å². The number of carbonyl (C=O) groups is 2. The van der Waals surface area contributed by atoms with Gasteiger partial charge >= 0.3 is 4.87 Å². The summed E-state index contributed by atoms with van der Waals surface area (Å²) < 4.78 is 0. The van der Waals surface area contributed by atoms with E-state index in [1.165, 1.54) is 16.7 Å². The van der Waals surface area contributed by atoms with Gasteiger partial charge in [0.25, 0.3) is 0 Å². The monoisotopic (exact) mass is 428 g/mol. The average molecular weight is 429 g/mol. The van der Waals surface area contributed by atoms with Crippen molar-refractivity contribution in [3.8, 4) is 0 Å². The van der Waals surface area contributed by atoms with E-state index in [2.05, 4.69) is 4.98 Å². The molecule has 2 amide bonds. The van der Waals surface area contributed by atoms with Crippen LogP contribution in [0.3, 0.4) is 0 Å². The molecule has 3 heterocycles. The van der Waals surface area contributed by atoms with Crippen molar-refractivity contribution in [3.63, 3.8) is 0 Å². The molecule has 0 bridgehead atoms. The number of hydrogen-bond donors (Lipinski definition) is 1. The van der Waals surface area contributed by atoms with Crippen molar-refractivity contribution in [2.24, 2.45) is 5.92 Å². The lowest BCUT2D eigenvalue weighted by Gasteiger charge is -2.29. The van der Waals surface area contributed by atoms with Gasteiger partial charge in [-0.15, -0.1) is 0 Å². The molecule has 0 unspecified atom stereocenters. The Hall–Kier alpha value is -2.35. The summed E-state index contributed by atoms with van der Waals surface area (Å²) in [5.41, 5.74) is 1.44. The Bertz CT molecular complexity index is 1140. The molecule has 1 aromatic heterocycles. The van der Waals surface area contributed by atoms with Crippen molar-refractivity contribution in [3.05, 3.63) is 79.7 Å². The molecule has 5 rings (SSSR count). The summed E-state index contributed by atoms with van der Waals surface area (Å²) >= 11 is 8.34. The van der Waals surface area contributed by atoms with Crippen LogP contribution in [0, 0.1) is 5.92 Å². The van der Waals surface area contributed by atoms with E-state index in [1.54, 1.807) is 24.3 Å². The highest BCUT2D eigenvalue weighted by atomic mass is 35.5. The minimum absolute atomic E-state index is 0.173. The molecule has 3 aromatic rings. The minimum atomic E-state index is -0.578. The molecule has 3 atom stereocenters. The Labute approximate surface area is 173 Å². The molecule has 140 valence electrons. The normalized spacial score (nSPS) is 23.6. The number of thiazole rings is 1. The van der Waals surface area contributed by atoms with Crippen LogP contribution in [-0.2, 0) is 9.59 Å². The third kappa shape index (κ3) is 2.65. The number of rotatable bonds is 2. The number of anilines is 1. The number of hydrogen-bond acceptors (Lipinski definition) is 5. The third-order valence-corrected chi connectivity index (χ3v) is 7.72. The smallest absolute Gasteiger partial charge is 0.305 e. The van der Waals surface area contributed by atoms with Crippen molar-refractivity contribution < 1.29 is 9.59 Å². The van der Waals surface area contributed by atoms with E-state index in [0.717, 1.165) is 21.8 Å². The van der Waals surface area contributed by atoms with Crippen molar-refractivity contribution in [1.29, 1.82) is 0 Å². The van der Waals surface area contributed by atoms with Gasteiger partial charge in [0.15, 0.2) is 0 Å². The molecular formula is C20H13ClN2O3S2. The lowest BCUT2D eigenvalue weighted by molar-refractivity contribution is -0.122. The summed E-state index contributed by atoms with van der Waals surface area (Å²) in [5.74, 6) is -1.40. The Balaban J connectivity index is 1.65. The second-order valence-electron chi connectivity index (χ2n) is 6.65. The van der Waals surface area contributed by atoms with Crippen LogP contribution in [-0.4, -0.2) is 22.0 Å². The Kier molecular flexibility index (Phi) is 4.19. The van der Waals surface area contributed by atoms with E-state index in [9.17, 15) is 14.4 Å². The van der Waals surface area contributed by atoms with Gasteiger partial charge in [0.2, 0.25) is 11.8 Å². The van der Waals surface area contributed by atoms with Gasteiger partial charge in [0.1, 0.15) is 5.25 Å². The molecule has 0 aliphatic carbocycles. The molecule has 0 spiro atoms. The Morgan fingerprint density at radius 1 is 0.929 bits per heavy atom. The molecular weight excluding hydrogens is 416 g/mol. The summed E-state index contributed by atoms with van der Waals surface area (Å²) in [4.78, 5) is 43.3. The van der Waals surface area contributed by atoms with Crippen LogP contribution in [0.1, 0.15) is 16.4 Å².